The number of nitrogens with zero attached hydrogens (tertiary/aromatic N) is 1. The van der Waals surface area contributed by atoms with Gasteiger partial charge in [0, 0.05) is 37.8 Å². The predicted octanol–water partition coefficient (Wildman–Crippen LogP) is 2.29. The zero-order valence-electron chi connectivity index (χ0n) is 13.1. The fraction of sp³-hybridized carbons (Fsp3) is 0.647. The lowest BCUT2D eigenvalue weighted by Gasteiger charge is -2.29. The third kappa shape index (κ3) is 3.89. The summed E-state index contributed by atoms with van der Waals surface area (Å²) in [4.78, 5) is 2.41. The van der Waals surface area contributed by atoms with Crippen molar-refractivity contribution in [2.24, 2.45) is 5.92 Å². The van der Waals surface area contributed by atoms with Crippen molar-refractivity contribution in [1.82, 2.24) is 5.32 Å². The summed E-state index contributed by atoms with van der Waals surface area (Å²) in [5.41, 5.74) is 1.30. The molecule has 1 N–H and O–H groups in total. The lowest BCUT2D eigenvalue weighted by Crippen LogP contribution is -2.43. The molecule has 2 heterocycles. The van der Waals surface area contributed by atoms with Crippen molar-refractivity contribution >= 4 is 5.69 Å². The van der Waals surface area contributed by atoms with Gasteiger partial charge in [0.1, 0.15) is 5.75 Å². The van der Waals surface area contributed by atoms with E-state index in [2.05, 4.69) is 48.3 Å². The SMILES string of the molecule is CC1(C)C[C@H](COc2ccc(N3CCNCC3)cc2)CO1. The molecule has 0 bridgehead atoms. The highest BCUT2D eigenvalue weighted by Crippen LogP contribution is 2.29. The summed E-state index contributed by atoms with van der Waals surface area (Å²) in [7, 11) is 0. The maximum absolute atomic E-state index is 5.91. The molecular formula is C17H26N2O2. The van der Waals surface area contributed by atoms with Gasteiger partial charge in [-0.2, -0.15) is 0 Å². The Morgan fingerprint density at radius 1 is 1.24 bits per heavy atom. The van der Waals surface area contributed by atoms with Crippen LogP contribution < -0.4 is 15.0 Å². The first-order valence-corrected chi connectivity index (χ1v) is 7.95. The number of benzene rings is 1. The molecule has 4 nitrogen and oxygen atoms in total. The van der Waals surface area contributed by atoms with Gasteiger partial charge in [-0.05, 0) is 44.5 Å². The average molecular weight is 290 g/mol. The molecule has 2 fully saturated rings. The first kappa shape index (κ1) is 14.7. The fourth-order valence-electron chi connectivity index (χ4n) is 3.15. The van der Waals surface area contributed by atoms with Crippen molar-refractivity contribution in [3.05, 3.63) is 24.3 Å². The highest BCUT2D eigenvalue weighted by atomic mass is 16.5. The summed E-state index contributed by atoms with van der Waals surface area (Å²) in [6, 6.07) is 8.49. The van der Waals surface area contributed by atoms with Crippen LogP contribution in [0.1, 0.15) is 20.3 Å². The maximum atomic E-state index is 5.91. The van der Waals surface area contributed by atoms with E-state index in [4.69, 9.17) is 9.47 Å². The van der Waals surface area contributed by atoms with Crippen LogP contribution >= 0.6 is 0 Å². The molecule has 0 amide bonds. The van der Waals surface area contributed by atoms with Crippen LogP contribution in [-0.2, 0) is 4.74 Å². The zero-order chi connectivity index (χ0) is 14.7. The Hall–Kier alpha value is -1.26. The van der Waals surface area contributed by atoms with Crippen LogP contribution in [0, 0.1) is 5.92 Å². The van der Waals surface area contributed by atoms with Crippen LogP contribution in [0.5, 0.6) is 5.75 Å². The molecule has 2 aliphatic rings. The number of nitrogens with one attached hydrogen (secondary N) is 1. The molecule has 21 heavy (non-hydrogen) atoms. The largest absolute Gasteiger partial charge is 0.493 e. The Kier molecular flexibility index (Phi) is 4.36. The van der Waals surface area contributed by atoms with Gasteiger partial charge in [-0.25, -0.2) is 0 Å². The zero-order valence-corrected chi connectivity index (χ0v) is 13.1. The lowest BCUT2D eigenvalue weighted by molar-refractivity contribution is 0.0341. The molecule has 0 spiro atoms. The number of rotatable bonds is 4. The van der Waals surface area contributed by atoms with E-state index < -0.39 is 0 Å². The third-order valence-corrected chi connectivity index (χ3v) is 4.29. The van der Waals surface area contributed by atoms with Gasteiger partial charge in [-0.3, -0.25) is 0 Å². The van der Waals surface area contributed by atoms with Crippen molar-refractivity contribution in [3.8, 4) is 5.75 Å². The van der Waals surface area contributed by atoms with Gasteiger partial charge in [0.2, 0.25) is 0 Å². The van der Waals surface area contributed by atoms with Gasteiger partial charge < -0.3 is 19.7 Å². The predicted molar refractivity (Wildman–Crippen MR) is 85.2 cm³/mol. The molecule has 3 rings (SSSR count). The first-order valence-electron chi connectivity index (χ1n) is 7.95. The molecule has 116 valence electrons. The van der Waals surface area contributed by atoms with Crippen molar-refractivity contribution in [1.29, 1.82) is 0 Å². The van der Waals surface area contributed by atoms with E-state index >= 15 is 0 Å². The lowest BCUT2D eigenvalue weighted by atomic mass is 9.99. The minimum absolute atomic E-state index is 0.0141. The molecule has 0 aliphatic carbocycles. The second-order valence-corrected chi connectivity index (χ2v) is 6.68. The number of anilines is 1. The monoisotopic (exact) mass is 290 g/mol. The Balaban J connectivity index is 1.50. The van der Waals surface area contributed by atoms with E-state index in [9.17, 15) is 0 Å². The second kappa shape index (κ2) is 6.24. The molecular weight excluding hydrogens is 264 g/mol. The molecule has 0 aromatic heterocycles. The summed E-state index contributed by atoms with van der Waals surface area (Å²) in [6.07, 6.45) is 1.08. The van der Waals surface area contributed by atoms with Gasteiger partial charge in [-0.1, -0.05) is 0 Å². The highest BCUT2D eigenvalue weighted by molar-refractivity contribution is 5.49. The van der Waals surface area contributed by atoms with Crippen molar-refractivity contribution in [3.63, 3.8) is 0 Å². The minimum atomic E-state index is 0.0141. The van der Waals surface area contributed by atoms with E-state index in [-0.39, 0.29) is 5.60 Å². The maximum Gasteiger partial charge on any atom is 0.119 e. The van der Waals surface area contributed by atoms with Gasteiger partial charge in [0.15, 0.2) is 0 Å². The van der Waals surface area contributed by atoms with Gasteiger partial charge in [0.25, 0.3) is 0 Å². The van der Waals surface area contributed by atoms with Crippen LogP contribution in [0.15, 0.2) is 24.3 Å². The van der Waals surface area contributed by atoms with E-state index in [0.717, 1.165) is 51.6 Å². The third-order valence-electron chi connectivity index (χ3n) is 4.29. The van der Waals surface area contributed by atoms with Crippen LogP contribution in [-0.4, -0.2) is 45.0 Å². The molecule has 0 saturated carbocycles. The van der Waals surface area contributed by atoms with Gasteiger partial charge in [0.05, 0.1) is 18.8 Å². The van der Waals surface area contributed by atoms with Crippen LogP contribution in [0.2, 0.25) is 0 Å². The molecule has 0 unspecified atom stereocenters. The summed E-state index contributed by atoms with van der Waals surface area (Å²) in [6.45, 7) is 10.1. The molecule has 4 heteroatoms. The Bertz CT molecular complexity index is 452. The summed E-state index contributed by atoms with van der Waals surface area (Å²) in [5.74, 6) is 1.46. The van der Waals surface area contributed by atoms with Crippen molar-refractivity contribution < 1.29 is 9.47 Å². The quantitative estimate of drug-likeness (QED) is 0.922. The van der Waals surface area contributed by atoms with E-state index in [0.29, 0.717) is 5.92 Å². The summed E-state index contributed by atoms with van der Waals surface area (Å²) < 4.78 is 11.7. The molecule has 1 aromatic rings. The van der Waals surface area contributed by atoms with Gasteiger partial charge in [-0.15, -0.1) is 0 Å². The summed E-state index contributed by atoms with van der Waals surface area (Å²) in [5, 5.41) is 3.38. The molecule has 2 saturated heterocycles. The second-order valence-electron chi connectivity index (χ2n) is 6.68. The number of ether oxygens (including phenoxy) is 2. The highest BCUT2D eigenvalue weighted by Gasteiger charge is 2.32. The van der Waals surface area contributed by atoms with E-state index in [1.807, 2.05) is 0 Å². The van der Waals surface area contributed by atoms with E-state index in [1.54, 1.807) is 0 Å². The van der Waals surface area contributed by atoms with Crippen molar-refractivity contribution in [2.75, 3.05) is 44.3 Å². The molecule has 2 aliphatic heterocycles. The Morgan fingerprint density at radius 3 is 2.57 bits per heavy atom. The van der Waals surface area contributed by atoms with E-state index in [1.165, 1.54) is 5.69 Å². The molecule has 0 radical (unpaired) electrons. The van der Waals surface area contributed by atoms with Crippen LogP contribution in [0.25, 0.3) is 0 Å². The normalized spacial score (nSPS) is 25.0. The van der Waals surface area contributed by atoms with Gasteiger partial charge >= 0.3 is 0 Å². The average Bonchev–Trinajstić information content (AvgIpc) is 2.86. The van der Waals surface area contributed by atoms with Crippen LogP contribution in [0.3, 0.4) is 0 Å². The Morgan fingerprint density at radius 2 is 1.95 bits per heavy atom. The van der Waals surface area contributed by atoms with Crippen LogP contribution in [0.4, 0.5) is 5.69 Å². The first-order chi connectivity index (χ1) is 10.1. The molecule has 1 aromatic carbocycles. The topological polar surface area (TPSA) is 33.7 Å². The standard InChI is InChI=1S/C17H26N2O2/c1-17(2)11-14(13-21-17)12-20-16-5-3-15(4-6-16)19-9-7-18-8-10-19/h3-6,14,18H,7-13H2,1-2H3/t14-/m1/s1. The minimum Gasteiger partial charge on any atom is -0.493 e. The smallest absolute Gasteiger partial charge is 0.119 e. The number of hydrogen-bond acceptors (Lipinski definition) is 4. The fourth-order valence-corrected chi connectivity index (χ4v) is 3.15. The van der Waals surface area contributed by atoms with Crippen molar-refractivity contribution in [2.45, 2.75) is 25.9 Å². The number of hydrogen-bond donors (Lipinski definition) is 1. The summed E-state index contributed by atoms with van der Waals surface area (Å²) >= 11 is 0. The number of piperazine rings is 1. The Labute approximate surface area is 127 Å². The molecule has 1 atom stereocenters.